The van der Waals surface area contributed by atoms with Gasteiger partial charge in [0, 0.05) is 6.42 Å². The Morgan fingerprint density at radius 1 is 1.24 bits per heavy atom. The Bertz CT molecular complexity index is 347. The van der Waals surface area contributed by atoms with Gasteiger partial charge >= 0.3 is 5.97 Å². The van der Waals surface area contributed by atoms with Gasteiger partial charge < -0.3 is 9.47 Å². The van der Waals surface area contributed by atoms with Crippen LogP contribution in [0.5, 0.6) is 5.75 Å². The molecule has 0 heterocycles. The summed E-state index contributed by atoms with van der Waals surface area (Å²) in [4.78, 5) is 11.2. The van der Waals surface area contributed by atoms with Gasteiger partial charge in [-0.3, -0.25) is 4.79 Å². The first kappa shape index (κ1) is 13.6. The molecule has 0 fully saturated rings. The number of esters is 1. The van der Waals surface area contributed by atoms with E-state index in [1.54, 1.807) is 0 Å². The fraction of sp³-hybridized carbons (Fsp3) is 0.500. The molecule has 3 nitrogen and oxygen atoms in total. The third-order valence-electron chi connectivity index (χ3n) is 2.36. The van der Waals surface area contributed by atoms with Gasteiger partial charge in [-0.15, -0.1) is 0 Å². The predicted molar refractivity (Wildman–Crippen MR) is 67.2 cm³/mol. The van der Waals surface area contributed by atoms with E-state index in [9.17, 15) is 4.79 Å². The molecule has 0 aliphatic heterocycles. The van der Waals surface area contributed by atoms with Gasteiger partial charge in [-0.05, 0) is 44.4 Å². The minimum absolute atomic E-state index is 0.117. The van der Waals surface area contributed by atoms with Gasteiger partial charge in [0.2, 0.25) is 0 Å². The quantitative estimate of drug-likeness (QED) is 0.683. The lowest BCUT2D eigenvalue weighted by atomic mass is 10.1. The van der Waals surface area contributed by atoms with Crippen molar-refractivity contribution in [3.63, 3.8) is 0 Å². The van der Waals surface area contributed by atoms with Crippen LogP contribution in [0.1, 0.15) is 32.3 Å². The summed E-state index contributed by atoms with van der Waals surface area (Å²) in [6.07, 6.45) is 2.17. The second-order valence-corrected chi connectivity index (χ2v) is 3.74. The average Bonchev–Trinajstić information content (AvgIpc) is 2.30. The van der Waals surface area contributed by atoms with E-state index in [0.717, 1.165) is 18.6 Å². The monoisotopic (exact) mass is 236 g/mol. The van der Waals surface area contributed by atoms with Crippen LogP contribution >= 0.6 is 0 Å². The van der Waals surface area contributed by atoms with Crippen LogP contribution in [0.4, 0.5) is 0 Å². The molecule has 1 rings (SSSR count). The molecule has 94 valence electrons. The summed E-state index contributed by atoms with van der Waals surface area (Å²) in [6, 6.07) is 7.99. The fourth-order valence-corrected chi connectivity index (χ4v) is 1.63. The number of hydrogen-bond acceptors (Lipinski definition) is 3. The second kappa shape index (κ2) is 7.71. The molecule has 0 bridgehead atoms. The van der Waals surface area contributed by atoms with Gasteiger partial charge in [-0.2, -0.15) is 0 Å². The molecule has 0 spiro atoms. The van der Waals surface area contributed by atoms with E-state index in [2.05, 4.69) is 0 Å². The van der Waals surface area contributed by atoms with E-state index >= 15 is 0 Å². The van der Waals surface area contributed by atoms with Crippen LogP contribution in [0, 0.1) is 0 Å². The molecule has 1 aromatic carbocycles. The molecule has 17 heavy (non-hydrogen) atoms. The number of aryl methyl sites for hydroxylation is 1. The molecule has 1 aromatic rings. The first-order chi connectivity index (χ1) is 8.26. The summed E-state index contributed by atoms with van der Waals surface area (Å²) in [5, 5.41) is 0. The summed E-state index contributed by atoms with van der Waals surface area (Å²) in [6.45, 7) is 4.92. The first-order valence-corrected chi connectivity index (χ1v) is 6.13. The Labute approximate surface area is 103 Å². The molecule has 0 saturated carbocycles. The van der Waals surface area contributed by atoms with Gasteiger partial charge in [-0.1, -0.05) is 12.1 Å². The zero-order valence-corrected chi connectivity index (χ0v) is 10.6. The maximum absolute atomic E-state index is 11.2. The summed E-state index contributed by atoms with van der Waals surface area (Å²) in [5.41, 5.74) is 1.19. The van der Waals surface area contributed by atoms with Crippen molar-refractivity contribution >= 4 is 5.97 Å². The third-order valence-corrected chi connectivity index (χ3v) is 2.36. The molecule has 0 aliphatic rings. The maximum atomic E-state index is 11.2. The zero-order chi connectivity index (χ0) is 12.5. The third kappa shape index (κ3) is 5.38. The molecule has 0 amide bonds. The second-order valence-electron chi connectivity index (χ2n) is 3.74. The van der Waals surface area contributed by atoms with Crippen LogP contribution in [0.15, 0.2) is 24.3 Å². The van der Waals surface area contributed by atoms with Gasteiger partial charge in [0.1, 0.15) is 5.75 Å². The van der Waals surface area contributed by atoms with Crippen molar-refractivity contribution in [3.8, 4) is 5.75 Å². The largest absolute Gasteiger partial charge is 0.494 e. The average molecular weight is 236 g/mol. The summed E-state index contributed by atoms with van der Waals surface area (Å²) in [5.74, 6) is 0.773. The molecule has 3 heteroatoms. The summed E-state index contributed by atoms with van der Waals surface area (Å²) in [7, 11) is 0. The van der Waals surface area contributed by atoms with Crippen LogP contribution in [-0.2, 0) is 16.0 Å². The Morgan fingerprint density at radius 2 is 2.06 bits per heavy atom. The lowest BCUT2D eigenvalue weighted by Gasteiger charge is -2.06. The Kier molecular flexibility index (Phi) is 6.15. The highest BCUT2D eigenvalue weighted by Crippen LogP contribution is 2.15. The van der Waals surface area contributed by atoms with Gasteiger partial charge in [0.15, 0.2) is 0 Å². The lowest BCUT2D eigenvalue weighted by Crippen LogP contribution is -2.04. The number of benzene rings is 1. The first-order valence-electron chi connectivity index (χ1n) is 6.13. The number of carbonyl (C=O) groups excluding carboxylic acids is 1. The van der Waals surface area contributed by atoms with Crippen molar-refractivity contribution in [2.75, 3.05) is 13.2 Å². The van der Waals surface area contributed by atoms with Crippen LogP contribution < -0.4 is 4.74 Å². The molecular formula is C14H20O3. The molecular weight excluding hydrogens is 216 g/mol. The SMILES string of the molecule is CCOC(=O)CCCc1cccc(OCC)c1. The Morgan fingerprint density at radius 3 is 2.76 bits per heavy atom. The number of carbonyl (C=O) groups is 1. The molecule has 0 saturated heterocycles. The van der Waals surface area contributed by atoms with Crippen LogP contribution in [-0.4, -0.2) is 19.2 Å². The number of rotatable bonds is 7. The van der Waals surface area contributed by atoms with Crippen LogP contribution in [0.3, 0.4) is 0 Å². The molecule has 0 unspecified atom stereocenters. The molecule has 0 aliphatic carbocycles. The highest BCUT2D eigenvalue weighted by molar-refractivity contribution is 5.69. The minimum Gasteiger partial charge on any atom is -0.494 e. The van der Waals surface area contributed by atoms with E-state index in [1.165, 1.54) is 5.56 Å². The molecule has 0 N–H and O–H groups in total. The normalized spacial score (nSPS) is 10.0. The summed E-state index contributed by atoms with van der Waals surface area (Å²) < 4.78 is 10.3. The Balaban J connectivity index is 2.35. The topological polar surface area (TPSA) is 35.5 Å². The van der Waals surface area contributed by atoms with Crippen molar-refractivity contribution in [2.24, 2.45) is 0 Å². The fourth-order valence-electron chi connectivity index (χ4n) is 1.63. The number of hydrogen-bond donors (Lipinski definition) is 0. The van der Waals surface area contributed by atoms with Crippen molar-refractivity contribution < 1.29 is 14.3 Å². The minimum atomic E-state index is -0.117. The van der Waals surface area contributed by atoms with Crippen molar-refractivity contribution in [1.29, 1.82) is 0 Å². The van der Waals surface area contributed by atoms with E-state index in [1.807, 2.05) is 38.1 Å². The molecule has 0 radical (unpaired) electrons. The van der Waals surface area contributed by atoms with E-state index in [0.29, 0.717) is 19.6 Å². The van der Waals surface area contributed by atoms with E-state index in [4.69, 9.17) is 9.47 Å². The van der Waals surface area contributed by atoms with Crippen LogP contribution in [0.2, 0.25) is 0 Å². The lowest BCUT2D eigenvalue weighted by molar-refractivity contribution is -0.143. The van der Waals surface area contributed by atoms with Crippen LogP contribution in [0.25, 0.3) is 0 Å². The molecule has 0 aromatic heterocycles. The smallest absolute Gasteiger partial charge is 0.305 e. The highest BCUT2D eigenvalue weighted by atomic mass is 16.5. The van der Waals surface area contributed by atoms with Crippen molar-refractivity contribution in [3.05, 3.63) is 29.8 Å². The standard InChI is InChI=1S/C14H20O3/c1-3-16-13-9-5-7-12(11-13)8-6-10-14(15)17-4-2/h5,7,9,11H,3-4,6,8,10H2,1-2H3. The highest BCUT2D eigenvalue weighted by Gasteiger charge is 2.02. The number of ether oxygens (including phenoxy) is 2. The van der Waals surface area contributed by atoms with E-state index in [-0.39, 0.29) is 5.97 Å². The van der Waals surface area contributed by atoms with Crippen molar-refractivity contribution in [2.45, 2.75) is 33.1 Å². The Hall–Kier alpha value is -1.51. The predicted octanol–water partition coefficient (Wildman–Crippen LogP) is 2.97. The van der Waals surface area contributed by atoms with Crippen molar-refractivity contribution in [1.82, 2.24) is 0 Å². The van der Waals surface area contributed by atoms with Gasteiger partial charge in [-0.25, -0.2) is 0 Å². The maximum Gasteiger partial charge on any atom is 0.305 e. The summed E-state index contributed by atoms with van der Waals surface area (Å²) >= 11 is 0. The van der Waals surface area contributed by atoms with Gasteiger partial charge in [0.25, 0.3) is 0 Å². The molecule has 0 atom stereocenters. The zero-order valence-electron chi connectivity index (χ0n) is 10.6. The van der Waals surface area contributed by atoms with Gasteiger partial charge in [0.05, 0.1) is 13.2 Å². The van der Waals surface area contributed by atoms with E-state index < -0.39 is 0 Å².